The molecule has 0 heterocycles. The summed E-state index contributed by atoms with van der Waals surface area (Å²) in [6, 6.07) is 11.5. The van der Waals surface area contributed by atoms with Crippen LogP contribution in [0.4, 0.5) is 10.1 Å². The molecule has 0 radical (unpaired) electrons. The largest absolute Gasteiger partial charge is 0.482 e. The minimum atomic E-state index is -0.554. The van der Waals surface area contributed by atoms with Crippen molar-refractivity contribution in [3.63, 3.8) is 0 Å². The number of nitriles is 1. The number of rotatable bonds is 4. The van der Waals surface area contributed by atoms with Crippen molar-refractivity contribution in [2.45, 2.75) is 6.61 Å². The predicted octanol–water partition coefficient (Wildman–Crippen LogP) is 3.18. The first-order valence-electron chi connectivity index (χ1n) is 5.66. The van der Waals surface area contributed by atoms with E-state index in [0.717, 1.165) is 6.07 Å². The topological polar surface area (TPSA) is 76.2 Å². The maximum Gasteiger partial charge on any atom is 0.310 e. The number of hydrogen-bond donors (Lipinski definition) is 0. The number of benzene rings is 2. The van der Waals surface area contributed by atoms with Gasteiger partial charge < -0.3 is 4.74 Å². The van der Waals surface area contributed by atoms with Crippen molar-refractivity contribution in [3.8, 4) is 11.8 Å². The lowest BCUT2D eigenvalue weighted by Crippen LogP contribution is -2.00. The molecule has 20 heavy (non-hydrogen) atoms. The van der Waals surface area contributed by atoms with Crippen LogP contribution in [0.5, 0.6) is 5.75 Å². The number of hydrogen-bond acceptors (Lipinski definition) is 4. The van der Waals surface area contributed by atoms with E-state index in [1.165, 1.54) is 30.3 Å². The Balaban J connectivity index is 2.19. The zero-order chi connectivity index (χ0) is 14.5. The fourth-order valence-electron chi connectivity index (χ4n) is 1.69. The Kier molecular flexibility index (Phi) is 3.91. The highest BCUT2D eigenvalue weighted by molar-refractivity contribution is 5.45. The quantitative estimate of drug-likeness (QED) is 0.632. The van der Waals surface area contributed by atoms with Gasteiger partial charge in [-0.05, 0) is 29.8 Å². The van der Waals surface area contributed by atoms with Gasteiger partial charge in [0.25, 0.3) is 0 Å². The maximum atomic E-state index is 13.2. The van der Waals surface area contributed by atoms with Crippen LogP contribution < -0.4 is 4.74 Å². The van der Waals surface area contributed by atoms with Crippen LogP contribution in [0.1, 0.15) is 11.1 Å². The Morgan fingerprint density at radius 3 is 2.75 bits per heavy atom. The average molecular weight is 272 g/mol. The highest BCUT2D eigenvalue weighted by Crippen LogP contribution is 2.26. The summed E-state index contributed by atoms with van der Waals surface area (Å²) in [5.74, 6) is -0.453. The number of para-hydroxylation sites is 2. The van der Waals surface area contributed by atoms with Gasteiger partial charge in [-0.3, -0.25) is 10.1 Å². The summed E-state index contributed by atoms with van der Waals surface area (Å²) in [6.07, 6.45) is 0. The summed E-state index contributed by atoms with van der Waals surface area (Å²) in [4.78, 5) is 10.3. The van der Waals surface area contributed by atoms with E-state index in [2.05, 4.69) is 0 Å². The van der Waals surface area contributed by atoms with E-state index < -0.39 is 10.7 Å². The Morgan fingerprint density at radius 2 is 2.05 bits per heavy atom. The van der Waals surface area contributed by atoms with Crippen LogP contribution >= 0.6 is 0 Å². The first-order valence-corrected chi connectivity index (χ1v) is 5.66. The lowest BCUT2D eigenvalue weighted by Gasteiger charge is -2.07. The van der Waals surface area contributed by atoms with Crippen molar-refractivity contribution in [2.75, 3.05) is 0 Å². The first kappa shape index (κ1) is 13.5. The molecule has 0 aliphatic carbocycles. The third-order valence-corrected chi connectivity index (χ3v) is 2.54. The van der Waals surface area contributed by atoms with Crippen molar-refractivity contribution in [2.24, 2.45) is 0 Å². The van der Waals surface area contributed by atoms with Crippen LogP contribution in [0.25, 0.3) is 0 Å². The lowest BCUT2D eigenvalue weighted by atomic mass is 10.1. The van der Waals surface area contributed by atoms with Crippen molar-refractivity contribution < 1.29 is 14.1 Å². The molecule has 100 valence electrons. The number of nitro groups is 1. The van der Waals surface area contributed by atoms with Gasteiger partial charge in [0.05, 0.1) is 16.6 Å². The first-order chi connectivity index (χ1) is 9.60. The van der Waals surface area contributed by atoms with Gasteiger partial charge in [0.1, 0.15) is 12.4 Å². The molecule has 2 aromatic carbocycles. The summed E-state index contributed by atoms with van der Waals surface area (Å²) >= 11 is 0. The molecule has 0 saturated heterocycles. The van der Waals surface area contributed by atoms with Crippen molar-refractivity contribution >= 4 is 5.69 Å². The zero-order valence-corrected chi connectivity index (χ0v) is 10.2. The normalized spacial score (nSPS) is 9.80. The van der Waals surface area contributed by atoms with Crippen LogP contribution in [0.2, 0.25) is 0 Å². The second-order valence-electron chi connectivity index (χ2n) is 3.97. The summed E-state index contributed by atoms with van der Waals surface area (Å²) in [5, 5.41) is 19.6. The van der Waals surface area contributed by atoms with Crippen molar-refractivity contribution in [1.29, 1.82) is 5.26 Å². The van der Waals surface area contributed by atoms with E-state index in [1.54, 1.807) is 6.07 Å². The van der Waals surface area contributed by atoms with Gasteiger partial charge in [-0.15, -0.1) is 0 Å². The van der Waals surface area contributed by atoms with Gasteiger partial charge in [-0.1, -0.05) is 12.1 Å². The van der Waals surface area contributed by atoms with Gasteiger partial charge in [0, 0.05) is 6.07 Å². The van der Waals surface area contributed by atoms with E-state index in [4.69, 9.17) is 10.00 Å². The second kappa shape index (κ2) is 5.80. The fourth-order valence-corrected chi connectivity index (χ4v) is 1.69. The zero-order valence-electron chi connectivity index (χ0n) is 10.2. The molecule has 6 heteroatoms. The molecule has 0 unspecified atom stereocenters. The number of ether oxygens (including phenoxy) is 1. The molecule has 0 spiro atoms. The molecule has 0 fully saturated rings. The number of halogens is 1. The number of nitrogens with zero attached hydrogens (tertiary/aromatic N) is 2. The third-order valence-electron chi connectivity index (χ3n) is 2.54. The van der Waals surface area contributed by atoms with E-state index >= 15 is 0 Å². The Morgan fingerprint density at radius 1 is 1.30 bits per heavy atom. The molecule has 5 nitrogen and oxygen atoms in total. The van der Waals surface area contributed by atoms with Crippen molar-refractivity contribution in [1.82, 2.24) is 0 Å². The molecular weight excluding hydrogens is 263 g/mol. The van der Waals surface area contributed by atoms with E-state index in [9.17, 15) is 14.5 Å². The molecule has 0 aliphatic heterocycles. The van der Waals surface area contributed by atoms with E-state index in [1.807, 2.05) is 6.07 Å². The average Bonchev–Trinajstić information content (AvgIpc) is 2.44. The summed E-state index contributed by atoms with van der Waals surface area (Å²) in [5.41, 5.74) is 0.440. The monoisotopic (exact) mass is 272 g/mol. The predicted molar refractivity (Wildman–Crippen MR) is 68.5 cm³/mol. The fraction of sp³-hybridized carbons (Fsp3) is 0.0714. The van der Waals surface area contributed by atoms with E-state index in [-0.39, 0.29) is 23.6 Å². The van der Waals surface area contributed by atoms with Crippen LogP contribution in [0.15, 0.2) is 42.5 Å². The highest BCUT2D eigenvalue weighted by atomic mass is 19.1. The molecular formula is C14H9FN2O3. The Bertz CT molecular complexity index is 695. The van der Waals surface area contributed by atoms with Gasteiger partial charge in [-0.2, -0.15) is 5.26 Å². The van der Waals surface area contributed by atoms with Crippen molar-refractivity contribution in [3.05, 3.63) is 69.5 Å². The molecule has 0 aromatic heterocycles. The Hall–Kier alpha value is -2.94. The molecule has 0 N–H and O–H groups in total. The molecule has 0 amide bonds. The molecule has 2 aromatic rings. The summed E-state index contributed by atoms with van der Waals surface area (Å²) < 4.78 is 18.6. The number of nitro benzene ring substituents is 1. The lowest BCUT2D eigenvalue weighted by molar-refractivity contribution is -0.385. The summed E-state index contributed by atoms with van der Waals surface area (Å²) in [6.45, 7) is -0.0582. The van der Waals surface area contributed by atoms with Gasteiger partial charge in [0.2, 0.25) is 0 Å². The third kappa shape index (κ3) is 3.09. The molecule has 0 atom stereocenters. The molecule has 2 rings (SSSR count). The SMILES string of the molecule is N#Cc1cc(F)cc(COc2ccccc2[N+](=O)[O-])c1. The van der Waals surface area contributed by atoms with Crippen LogP contribution in [0, 0.1) is 27.3 Å². The maximum absolute atomic E-state index is 13.2. The molecule has 0 aliphatic rings. The van der Waals surface area contributed by atoms with Crippen LogP contribution in [0.3, 0.4) is 0 Å². The Labute approximate surface area is 114 Å². The standard InChI is InChI=1S/C14H9FN2O3/c15-12-6-10(8-16)5-11(7-12)9-20-14-4-2-1-3-13(14)17(18)19/h1-7H,9H2. The molecule has 0 saturated carbocycles. The van der Waals surface area contributed by atoms with Crippen LogP contribution in [-0.2, 0) is 6.61 Å². The van der Waals surface area contributed by atoms with E-state index in [0.29, 0.717) is 5.56 Å². The smallest absolute Gasteiger partial charge is 0.310 e. The van der Waals surface area contributed by atoms with Crippen LogP contribution in [-0.4, -0.2) is 4.92 Å². The minimum absolute atomic E-state index is 0.0582. The molecule has 0 bridgehead atoms. The summed E-state index contributed by atoms with van der Waals surface area (Å²) in [7, 11) is 0. The van der Waals surface area contributed by atoms with Gasteiger partial charge in [0.15, 0.2) is 5.75 Å². The second-order valence-corrected chi connectivity index (χ2v) is 3.97. The highest BCUT2D eigenvalue weighted by Gasteiger charge is 2.13. The minimum Gasteiger partial charge on any atom is -0.482 e. The van der Waals surface area contributed by atoms with Gasteiger partial charge >= 0.3 is 5.69 Å². The van der Waals surface area contributed by atoms with Gasteiger partial charge in [-0.25, -0.2) is 4.39 Å².